The Morgan fingerprint density at radius 2 is 1.84 bits per heavy atom. The Morgan fingerprint density at radius 3 is 2.53 bits per heavy atom. The number of aromatic nitrogens is 1. The molecule has 102 valence electrons. The molecule has 0 aliphatic heterocycles. The highest BCUT2D eigenvalue weighted by Gasteiger charge is 2.18. The Labute approximate surface area is 116 Å². The number of fused-ring (bicyclic) bond motifs is 1. The van der Waals surface area contributed by atoms with Crippen LogP contribution in [0.1, 0.15) is 51.1 Å². The smallest absolute Gasteiger partial charge is 0.0705 e. The first-order chi connectivity index (χ1) is 9.26. The first-order valence-electron chi connectivity index (χ1n) is 7.36. The number of pyridine rings is 1. The van der Waals surface area contributed by atoms with Gasteiger partial charge in [-0.25, -0.2) is 0 Å². The van der Waals surface area contributed by atoms with Gasteiger partial charge in [0, 0.05) is 17.6 Å². The lowest BCUT2D eigenvalue weighted by atomic mass is 9.86. The largest absolute Gasteiger partial charge is 0.324 e. The lowest BCUT2D eigenvalue weighted by Gasteiger charge is -2.23. The van der Waals surface area contributed by atoms with Gasteiger partial charge in [-0.1, -0.05) is 44.9 Å². The normalized spacial score (nSPS) is 13.1. The summed E-state index contributed by atoms with van der Waals surface area (Å²) in [5.41, 5.74) is 8.74. The van der Waals surface area contributed by atoms with Crippen molar-refractivity contribution in [3.63, 3.8) is 0 Å². The second kappa shape index (κ2) is 6.67. The van der Waals surface area contributed by atoms with Crippen molar-refractivity contribution < 1.29 is 0 Å². The predicted octanol–water partition coefficient (Wildman–Crippen LogP) is 4.45. The number of nitrogens with zero attached hydrogens (tertiary/aromatic N) is 1. The summed E-state index contributed by atoms with van der Waals surface area (Å²) >= 11 is 0. The van der Waals surface area contributed by atoms with Gasteiger partial charge in [0.25, 0.3) is 0 Å². The van der Waals surface area contributed by atoms with Gasteiger partial charge in [0.2, 0.25) is 0 Å². The van der Waals surface area contributed by atoms with Crippen LogP contribution >= 0.6 is 0 Å². The highest BCUT2D eigenvalue weighted by Crippen LogP contribution is 2.29. The van der Waals surface area contributed by atoms with Gasteiger partial charge in [0.15, 0.2) is 0 Å². The minimum absolute atomic E-state index is 0.131. The summed E-state index contributed by atoms with van der Waals surface area (Å²) in [6.45, 7) is 4.47. The molecule has 2 nitrogen and oxygen atoms in total. The minimum Gasteiger partial charge on any atom is -0.324 e. The number of benzene rings is 1. The fourth-order valence-corrected chi connectivity index (χ4v) is 2.81. The van der Waals surface area contributed by atoms with E-state index in [4.69, 9.17) is 5.73 Å². The van der Waals surface area contributed by atoms with E-state index in [9.17, 15) is 0 Å². The molecule has 0 aliphatic rings. The molecular formula is C17H24N2. The van der Waals surface area contributed by atoms with Crippen molar-refractivity contribution >= 4 is 10.9 Å². The van der Waals surface area contributed by atoms with Crippen LogP contribution in [0.15, 0.2) is 36.5 Å². The van der Waals surface area contributed by atoms with Crippen LogP contribution in [0.5, 0.6) is 0 Å². The standard InChI is InChI=1S/C17H24N2/c1-3-6-14(7-4-2)17(18)15-10-9-13-8-5-11-19-16(13)12-15/h5,8-12,14,17H,3-4,6-7,18H2,1-2H3. The molecule has 0 aliphatic carbocycles. The van der Waals surface area contributed by atoms with Crippen LogP contribution in [0, 0.1) is 5.92 Å². The highest BCUT2D eigenvalue weighted by molar-refractivity contribution is 5.78. The average Bonchev–Trinajstić information content (AvgIpc) is 2.46. The van der Waals surface area contributed by atoms with E-state index in [0.717, 1.165) is 5.52 Å². The molecule has 2 aromatic rings. The molecule has 2 rings (SSSR count). The van der Waals surface area contributed by atoms with E-state index in [2.05, 4.69) is 43.1 Å². The van der Waals surface area contributed by atoms with E-state index in [1.165, 1.54) is 36.6 Å². The van der Waals surface area contributed by atoms with Crippen LogP contribution in [0.4, 0.5) is 0 Å². The number of nitrogens with two attached hydrogens (primary N) is 1. The lowest BCUT2D eigenvalue weighted by molar-refractivity contribution is 0.369. The van der Waals surface area contributed by atoms with Crippen molar-refractivity contribution in [3.8, 4) is 0 Å². The van der Waals surface area contributed by atoms with E-state index >= 15 is 0 Å². The third-order valence-corrected chi connectivity index (χ3v) is 3.84. The second-order valence-corrected chi connectivity index (χ2v) is 5.32. The Bertz CT molecular complexity index is 515. The van der Waals surface area contributed by atoms with Crippen molar-refractivity contribution in [1.82, 2.24) is 4.98 Å². The SMILES string of the molecule is CCCC(CCC)C(N)c1ccc2cccnc2c1. The molecular weight excluding hydrogens is 232 g/mol. The van der Waals surface area contributed by atoms with Crippen molar-refractivity contribution in [2.24, 2.45) is 11.7 Å². The summed E-state index contributed by atoms with van der Waals surface area (Å²) in [5, 5.41) is 1.18. The fourth-order valence-electron chi connectivity index (χ4n) is 2.81. The zero-order valence-electron chi connectivity index (χ0n) is 12.0. The maximum absolute atomic E-state index is 6.47. The average molecular weight is 256 g/mol. The second-order valence-electron chi connectivity index (χ2n) is 5.32. The van der Waals surface area contributed by atoms with Crippen molar-refractivity contribution in [2.45, 2.75) is 45.6 Å². The Balaban J connectivity index is 2.26. The van der Waals surface area contributed by atoms with Gasteiger partial charge < -0.3 is 5.73 Å². The van der Waals surface area contributed by atoms with Crippen LogP contribution in [0.25, 0.3) is 10.9 Å². The van der Waals surface area contributed by atoms with Gasteiger partial charge in [-0.2, -0.15) is 0 Å². The molecule has 1 atom stereocenters. The molecule has 0 saturated carbocycles. The Kier molecular flexibility index (Phi) is 4.92. The molecule has 0 radical (unpaired) electrons. The first-order valence-corrected chi connectivity index (χ1v) is 7.36. The van der Waals surface area contributed by atoms with Gasteiger partial charge in [0.1, 0.15) is 0 Å². The summed E-state index contributed by atoms with van der Waals surface area (Å²) in [5.74, 6) is 0.580. The van der Waals surface area contributed by atoms with Crippen LogP contribution in [0.2, 0.25) is 0 Å². The summed E-state index contributed by atoms with van der Waals surface area (Å²) < 4.78 is 0. The molecule has 19 heavy (non-hydrogen) atoms. The van der Waals surface area contributed by atoms with Gasteiger partial charge in [-0.05, 0) is 36.5 Å². The van der Waals surface area contributed by atoms with Crippen molar-refractivity contribution in [3.05, 3.63) is 42.1 Å². The molecule has 2 heteroatoms. The maximum atomic E-state index is 6.47. The number of hydrogen-bond donors (Lipinski definition) is 1. The van der Waals surface area contributed by atoms with Gasteiger partial charge >= 0.3 is 0 Å². The Morgan fingerprint density at radius 1 is 1.11 bits per heavy atom. The van der Waals surface area contributed by atoms with E-state index < -0.39 is 0 Å². The van der Waals surface area contributed by atoms with Crippen molar-refractivity contribution in [1.29, 1.82) is 0 Å². The van der Waals surface area contributed by atoms with Crippen LogP contribution in [0.3, 0.4) is 0 Å². The molecule has 0 fully saturated rings. The lowest BCUT2D eigenvalue weighted by Crippen LogP contribution is -2.21. The van der Waals surface area contributed by atoms with Gasteiger partial charge in [0.05, 0.1) is 5.52 Å². The summed E-state index contributed by atoms with van der Waals surface area (Å²) in [6.07, 6.45) is 6.64. The molecule has 1 heterocycles. The molecule has 0 saturated heterocycles. The molecule has 2 N–H and O–H groups in total. The topological polar surface area (TPSA) is 38.9 Å². The molecule has 1 unspecified atom stereocenters. The zero-order chi connectivity index (χ0) is 13.7. The zero-order valence-corrected chi connectivity index (χ0v) is 12.0. The molecule has 0 spiro atoms. The Hall–Kier alpha value is -1.41. The minimum atomic E-state index is 0.131. The predicted molar refractivity (Wildman–Crippen MR) is 82.0 cm³/mol. The van der Waals surface area contributed by atoms with Gasteiger partial charge in [-0.3, -0.25) is 4.98 Å². The monoisotopic (exact) mass is 256 g/mol. The first kappa shape index (κ1) is 14.0. The van der Waals surface area contributed by atoms with Crippen LogP contribution in [-0.4, -0.2) is 4.98 Å². The summed E-state index contributed by atoms with van der Waals surface area (Å²) in [7, 11) is 0. The summed E-state index contributed by atoms with van der Waals surface area (Å²) in [6, 6.07) is 10.6. The summed E-state index contributed by atoms with van der Waals surface area (Å²) in [4.78, 5) is 4.42. The van der Waals surface area contributed by atoms with Crippen molar-refractivity contribution in [2.75, 3.05) is 0 Å². The maximum Gasteiger partial charge on any atom is 0.0705 e. The fraction of sp³-hybridized carbons (Fsp3) is 0.471. The third-order valence-electron chi connectivity index (χ3n) is 3.84. The van der Waals surface area contributed by atoms with Gasteiger partial charge in [-0.15, -0.1) is 0 Å². The molecule has 0 bridgehead atoms. The van der Waals surface area contributed by atoms with E-state index in [-0.39, 0.29) is 6.04 Å². The highest BCUT2D eigenvalue weighted by atomic mass is 14.7. The quantitative estimate of drug-likeness (QED) is 0.829. The van der Waals surface area contributed by atoms with Crippen LogP contribution in [-0.2, 0) is 0 Å². The van der Waals surface area contributed by atoms with E-state index in [0.29, 0.717) is 5.92 Å². The van der Waals surface area contributed by atoms with Crippen LogP contribution < -0.4 is 5.73 Å². The van der Waals surface area contributed by atoms with E-state index in [1.807, 2.05) is 12.3 Å². The third kappa shape index (κ3) is 3.32. The number of rotatable bonds is 6. The molecule has 1 aromatic heterocycles. The molecule has 0 amide bonds. The number of hydrogen-bond acceptors (Lipinski definition) is 2. The molecule has 1 aromatic carbocycles. The van der Waals surface area contributed by atoms with E-state index in [1.54, 1.807) is 0 Å².